The van der Waals surface area contributed by atoms with Crippen LogP contribution in [0, 0.1) is 5.82 Å². The van der Waals surface area contributed by atoms with E-state index in [1.807, 2.05) is 0 Å². The number of rotatable bonds is 4. The van der Waals surface area contributed by atoms with Gasteiger partial charge in [-0.25, -0.2) is 14.0 Å². The summed E-state index contributed by atoms with van der Waals surface area (Å²) in [4.78, 5) is 44.9. The van der Waals surface area contributed by atoms with Crippen molar-refractivity contribution in [2.75, 3.05) is 6.54 Å². The number of benzene rings is 1. The third-order valence-electron chi connectivity index (χ3n) is 4.16. The van der Waals surface area contributed by atoms with Crippen LogP contribution in [0.1, 0.15) is 11.3 Å². The number of amides is 3. The topological polar surface area (TPSA) is 99.5 Å². The van der Waals surface area contributed by atoms with Crippen molar-refractivity contribution < 1.29 is 18.4 Å². The summed E-state index contributed by atoms with van der Waals surface area (Å²) < 4.78 is 18.8. The molecule has 26 heavy (non-hydrogen) atoms. The summed E-state index contributed by atoms with van der Waals surface area (Å²) in [6, 6.07) is 7.17. The number of aromatic nitrogens is 2. The Bertz CT molecular complexity index is 1070. The van der Waals surface area contributed by atoms with Gasteiger partial charge in [0.1, 0.15) is 12.4 Å². The van der Waals surface area contributed by atoms with Crippen LogP contribution in [0.3, 0.4) is 0 Å². The molecule has 3 aromatic rings. The first-order chi connectivity index (χ1) is 12.5. The van der Waals surface area contributed by atoms with E-state index in [9.17, 15) is 18.8 Å². The van der Waals surface area contributed by atoms with E-state index in [0.717, 1.165) is 4.90 Å². The molecule has 4 rings (SSSR count). The van der Waals surface area contributed by atoms with Crippen LogP contribution in [0.4, 0.5) is 9.18 Å². The summed E-state index contributed by atoms with van der Waals surface area (Å²) in [6.45, 7) is -0.309. The van der Waals surface area contributed by atoms with Crippen LogP contribution in [-0.2, 0) is 17.9 Å². The zero-order chi connectivity index (χ0) is 18.3. The van der Waals surface area contributed by atoms with Gasteiger partial charge in [0.05, 0.1) is 24.3 Å². The number of imide groups is 1. The van der Waals surface area contributed by atoms with Crippen LogP contribution in [0.5, 0.6) is 0 Å². The van der Waals surface area contributed by atoms with Crippen molar-refractivity contribution in [2.24, 2.45) is 0 Å². The number of para-hydroxylation sites is 1. The smallest absolute Gasteiger partial charge is 0.407 e. The Morgan fingerprint density at radius 2 is 2.00 bits per heavy atom. The number of carbonyl (C=O) groups is 2. The third-order valence-corrected chi connectivity index (χ3v) is 4.16. The summed E-state index contributed by atoms with van der Waals surface area (Å²) in [7, 11) is 0. The maximum Gasteiger partial charge on any atom is 0.417 e. The number of urea groups is 1. The maximum absolute atomic E-state index is 13.7. The maximum atomic E-state index is 13.7. The summed E-state index contributed by atoms with van der Waals surface area (Å²) in [5, 5.41) is 0. The molecule has 1 aromatic carbocycles. The minimum Gasteiger partial charge on any atom is -0.407 e. The third kappa shape index (κ3) is 2.73. The molecular formula is C17H13FN4O4. The lowest BCUT2D eigenvalue weighted by Gasteiger charge is -2.17. The second-order valence-corrected chi connectivity index (χ2v) is 5.86. The highest BCUT2D eigenvalue weighted by atomic mass is 19.1. The van der Waals surface area contributed by atoms with Gasteiger partial charge in [-0.1, -0.05) is 12.1 Å². The fourth-order valence-electron chi connectivity index (χ4n) is 2.92. The minimum atomic E-state index is -0.612. The lowest BCUT2D eigenvalue weighted by atomic mass is 10.2. The predicted molar refractivity (Wildman–Crippen MR) is 87.4 cm³/mol. The van der Waals surface area contributed by atoms with Crippen LogP contribution >= 0.6 is 0 Å². The lowest BCUT2D eigenvalue weighted by molar-refractivity contribution is -0.125. The molecular weight excluding hydrogens is 343 g/mol. The molecule has 0 spiro atoms. The number of pyridine rings is 1. The van der Waals surface area contributed by atoms with Gasteiger partial charge in [0.15, 0.2) is 5.58 Å². The SMILES string of the molecule is O=C1CN(Cc2ncccc2F)C(=O)N1Cc1cccc2[nH]c(=O)oc12. The molecule has 1 N–H and O–H groups in total. The van der Waals surface area contributed by atoms with E-state index in [1.165, 1.54) is 23.2 Å². The predicted octanol–water partition coefficient (Wildman–Crippen LogP) is 1.62. The highest BCUT2D eigenvalue weighted by molar-refractivity contribution is 6.02. The molecule has 3 heterocycles. The van der Waals surface area contributed by atoms with E-state index < -0.39 is 23.5 Å². The largest absolute Gasteiger partial charge is 0.417 e. The molecule has 0 aliphatic carbocycles. The second kappa shape index (κ2) is 6.10. The summed E-state index contributed by atoms with van der Waals surface area (Å²) in [5.74, 6) is -1.56. The number of oxazole rings is 1. The van der Waals surface area contributed by atoms with E-state index >= 15 is 0 Å². The van der Waals surface area contributed by atoms with Gasteiger partial charge in [-0.3, -0.25) is 19.7 Å². The van der Waals surface area contributed by atoms with E-state index in [4.69, 9.17) is 4.42 Å². The van der Waals surface area contributed by atoms with Gasteiger partial charge in [0.2, 0.25) is 0 Å². The van der Waals surface area contributed by atoms with Crippen molar-refractivity contribution in [1.29, 1.82) is 0 Å². The standard InChI is InChI=1S/C17H13FN4O4/c18-11-4-2-6-19-13(11)8-21-9-14(23)22(17(21)25)7-10-3-1-5-12-15(10)26-16(24)20-12/h1-6H,7-9H2,(H,20,24). The summed E-state index contributed by atoms with van der Waals surface area (Å²) >= 11 is 0. The van der Waals surface area contributed by atoms with Crippen molar-refractivity contribution >= 4 is 23.0 Å². The van der Waals surface area contributed by atoms with Gasteiger partial charge in [-0.15, -0.1) is 0 Å². The molecule has 132 valence electrons. The molecule has 3 amide bonds. The van der Waals surface area contributed by atoms with Crippen LogP contribution in [0.25, 0.3) is 11.1 Å². The number of hydrogen-bond donors (Lipinski definition) is 1. The first kappa shape index (κ1) is 16.0. The van der Waals surface area contributed by atoms with Crippen LogP contribution in [-0.4, -0.2) is 38.3 Å². The van der Waals surface area contributed by atoms with Gasteiger partial charge < -0.3 is 9.32 Å². The van der Waals surface area contributed by atoms with Gasteiger partial charge in [0, 0.05) is 11.8 Å². The molecule has 8 nitrogen and oxygen atoms in total. The average molecular weight is 356 g/mol. The molecule has 0 atom stereocenters. The molecule has 0 bridgehead atoms. The van der Waals surface area contributed by atoms with Crippen molar-refractivity contribution in [2.45, 2.75) is 13.1 Å². The summed E-state index contributed by atoms with van der Waals surface area (Å²) in [5.41, 5.74) is 1.40. The van der Waals surface area contributed by atoms with Gasteiger partial charge >= 0.3 is 11.8 Å². The number of halogens is 1. The van der Waals surface area contributed by atoms with E-state index in [0.29, 0.717) is 16.7 Å². The quantitative estimate of drug-likeness (QED) is 0.716. The Kier molecular flexibility index (Phi) is 3.76. The zero-order valence-electron chi connectivity index (χ0n) is 13.4. The van der Waals surface area contributed by atoms with E-state index in [2.05, 4.69) is 9.97 Å². The number of H-pyrrole nitrogens is 1. The van der Waals surface area contributed by atoms with E-state index in [-0.39, 0.29) is 25.3 Å². The number of nitrogens with one attached hydrogen (secondary N) is 1. The Hall–Kier alpha value is -3.49. The second-order valence-electron chi connectivity index (χ2n) is 5.86. The molecule has 0 saturated carbocycles. The van der Waals surface area contributed by atoms with Gasteiger partial charge in [0.25, 0.3) is 5.91 Å². The highest BCUT2D eigenvalue weighted by Gasteiger charge is 2.36. The number of carbonyl (C=O) groups excluding carboxylic acids is 2. The number of nitrogens with zero attached hydrogens (tertiary/aromatic N) is 3. The normalized spacial score (nSPS) is 14.7. The number of hydrogen-bond acceptors (Lipinski definition) is 5. The zero-order valence-corrected chi connectivity index (χ0v) is 13.4. The molecule has 0 unspecified atom stereocenters. The first-order valence-electron chi connectivity index (χ1n) is 7.82. The lowest BCUT2D eigenvalue weighted by Crippen LogP contribution is -2.32. The number of aromatic amines is 1. The first-order valence-corrected chi connectivity index (χ1v) is 7.82. The molecule has 1 fully saturated rings. The molecule has 9 heteroatoms. The highest BCUT2D eigenvalue weighted by Crippen LogP contribution is 2.21. The fraction of sp³-hybridized carbons (Fsp3) is 0.176. The van der Waals surface area contributed by atoms with Crippen molar-refractivity contribution in [3.05, 3.63) is 64.2 Å². The van der Waals surface area contributed by atoms with Crippen LogP contribution in [0.15, 0.2) is 45.7 Å². The fourth-order valence-corrected chi connectivity index (χ4v) is 2.92. The van der Waals surface area contributed by atoms with Gasteiger partial charge in [-0.05, 0) is 18.2 Å². The minimum absolute atomic E-state index is 0.0446. The Balaban J connectivity index is 1.57. The van der Waals surface area contributed by atoms with Crippen LogP contribution in [0.2, 0.25) is 0 Å². The average Bonchev–Trinajstić information content (AvgIpc) is 3.12. The van der Waals surface area contributed by atoms with Crippen molar-refractivity contribution in [3.63, 3.8) is 0 Å². The molecule has 1 aliphatic rings. The van der Waals surface area contributed by atoms with Gasteiger partial charge in [-0.2, -0.15) is 0 Å². The molecule has 1 saturated heterocycles. The molecule has 1 aliphatic heterocycles. The number of fused-ring (bicyclic) bond motifs is 1. The summed E-state index contributed by atoms with van der Waals surface area (Å²) in [6.07, 6.45) is 1.42. The molecule has 0 radical (unpaired) electrons. The van der Waals surface area contributed by atoms with Crippen molar-refractivity contribution in [1.82, 2.24) is 19.8 Å². The Labute approximate surface area is 145 Å². The van der Waals surface area contributed by atoms with E-state index in [1.54, 1.807) is 18.2 Å². The monoisotopic (exact) mass is 356 g/mol. The Morgan fingerprint density at radius 3 is 2.81 bits per heavy atom. The molecule has 2 aromatic heterocycles. The Morgan fingerprint density at radius 1 is 1.15 bits per heavy atom. The van der Waals surface area contributed by atoms with Crippen LogP contribution < -0.4 is 5.76 Å². The van der Waals surface area contributed by atoms with Crippen molar-refractivity contribution in [3.8, 4) is 0 Å².